The van der Waals surface area contributed by atoms with Gasteiger partial charge in [-0.3, -0.25) is 0 Å². The molecule has 1 aromatic heterocycles. The van der Waals surface area contributed by atoms with Crippen LogP contribution in [0.1, 0.15) is 38.9 Å². The number of nitrogens with two attached hydrogens (primary N) is 1. The lowest BCUT2D eigenvalue weighted by Gasteiger charge is -2.25. The molecule has 0 aliphatic carbocycles. The van der Waals surface area contributed by atoms with E-state index in [4.69, 9.17) is 5.73 Å². The number of hydrogen-bond donors (Lipinski definition) is 2. The van der Waals surface area contributed by atoms with Crippen molar-refractivity contribution in [1.82, 2.24) is 9.55 Å². The minimum atomic E-state index is -0.410. The third-order valence-corrected chi connectivity index (χ3v) is 3.21. The summed E-state index contributed by atoms with van der Waals surface area (Å²) in [5, 5.41) is 9.20. The van der Waals surface area contributed by atoms with Crippen molar-refractivity contribution >= 4 is 0 Å². The molecule has 0 radical (unpaired) electrons. The number of rotatable bonds is 7. The Hall–Kier alpha value is -0.870. The molecule has 1 heterocycles. The Morgan fingerprint density at radius 1 is 1.50 bits per heavy atom. The van der Waals surface area contributed by atoms with Crippen LogP contribution in [0.5, 0.6) is 0 Å². The van der Waals surface area contributed by atoms with E-state index >= 15 is 0 Å². The monoisotopic (exact) mass is 225 g/mol. The molecule has 4 nitrogen and oxygen atoms in total. The van der Waals surface area contributed by atoms with Gasteiger partial charge < -0.3 is 15.4 Å². The van der Waals surface area contributed by atoms with Crippen LogP contribution in [0.15, 0.2) is 12.4 Å². The topological polar surface area (TPSA) is 64.1 Å². The van der Waals surface area contributed by atoms with Gasteiger partial charge in [0.05, 0.1) is 6.61 Å². The Labute approximate surface area is 97.5 Å². The number of aryl methyl sites for hydroxylation is 2. The SMILES string of the molecule is CCc1nccn1CCCC(N)(CC)CO. The second-order valence-corrected chi connectivity index (χ2v) is 4.37. The Balaban J connectivity index is 2.41. The number of imidazole rings is 1. The van der Waals surface area contributed by atoms with Crippen LogP contribution in [-0.2, 0) is 13.0 Å². The Kier molecular flexibility index (Phi) is 4.96. The van der Waals surface area contributed by atoms with Crippen molar-refractivity contribution in [2.45, 2.75) is 51.6 Å². The van der Waals surface area contributed by atoms with Crippen LogP contribution in [0.25, 0.3) is 0 Å². The molecule has 0 bridgehead atoms. The lowest BCUT2D eigenvalue weighted by Crippen LogP contribution is -2.43. The summed E-state index contributed by atoms with van der Waals surface area (Å²) in [5.74, 6) is 1.11. The Morgan fingerprint density at radius 2 is 2.25 bits per heavy atom. The molecule has 0 aromatic carbocycles. The summed E-state index contributed by atoms with van der Waals surface area (Å²) in [6, 6.07) is 0. The van der Waals surface area contributed by atoms with Gasteiger partial charge in [-0.05, 0) is 19.3 Å². The normalized spacial score (nSPS) is 15.0. The van der Waals surface area contributed by atoms with Gasteiger partial charge in [-0.1, -0.05) is 13.8 Å². The number of nitrogens with zero attached hydrogens (tertiary/aromatic N) is 2. The van der Waals surface area contributed by atoms with Crippen molar-refractivity contribution in [2.75, 3.05) is 6.61 Å². The summed E-state index contributed by atoms with van der Waals surface area (Å²) in [6.45, 7) is 5.12. The Morgan fingerprint density at radius 3 is 2.81 bits per heavy atom. The number of hydrogen-bond acceptors (Lipinski definition) is 3. The first-order valence-electron chi connectivity index (χ1n) is 6.05. The van der Waals surface area contributed by atoms with Crippen LogP contribution in [0.3, 0.4) is 0 Å². The molecule has 0 saturated carbocycles. The van der Waals surface area contributed by atoms with Crippen molar-refractivity contribution in [3.8, 4) is 0 Å². The van der Waals surface area contributed by atoms with E-state index < -0.39 is 5.54 Å². The standard InChI is InChI=1S/C12H23N3O/c1-3-11-14-7-9-15(11)8-5-6-12(13,4-2)10-16/h7,9,16H,3-6,8,10,13H2,1-2H3. The maximum absolute atomic E-state index is 9.20. The van der Waals surface area contributed by atoms with Crippen LogP contribution in [0.4, 0.5) is 0 Å². The molecule has 1 aromatic rings. The molecule has 0 amide bonds. The zero-order valence-electron chi connectivity index (χ0n) is 10.3. The summed E-state index contributed by atoms with van der Waals surface area (Å²) in [5.41, 5.74) is 5.62. The smallest absolute Gasteiger partial charge is 0.108 e. The van der Waals surface area contributed by atoms with E-state index in [9.17, 15) is 5.11 Å². The predicted molar refractivity (Wildman–Crippen MR) is 65.1 cm³/mol. The number of aliphatic hydroxyl groups excluding tert-OH is 1. The van der Waals surface area contributed by atoms with Crippen molar-refractivity contribution < 1.29 is 5.11 Å². The van der Waals surface area contributed by atoms with E-state index in [0.29, 0.717) is 0 Å². The van der Waals surface area contributed by atoms with Gasteiger partial charge in [0.15, 0.2) is 0 Å². The van der Waals surface area contributed by atoms with E-state index in [1.165, 1.54) is 0 Å². The average molecular weight is 225 g/mol. The van der Waals surface area contributed by atoms with Gasteiger partial charge >= 0.3 is 0 Å². The van der Waals surface area contributed by atoms with E-state index in [-0.39, 0.29) is 6.61 Å². The van der Waals surface area contributed by atoms with Gasteiger partial charge in [-0.15, -0.1) is 0 Å². The molecule has 0 saturated heterocycles. The molecule has 16 heavy (non-hydrogen) atoms. The maximum atomic E-state index is 9.20. The molecule has 1 rings (SSSR count). The lowest BCUT2D eigenvalue weighted by atomic mass is 9.93. The maximum Gasteiger partial charge on any atom is 0.108 e. The molecule has 0 aliphatic rings. The summed E-state index contributed by atoms with van der Waals surface area (Å²) in [6.07, 6.45) is 7.43. The van der Waals surface area contributed by atoms with Crippen molar-refractivity contribution in [3.63, 3.8) is 0 Å². The first-order chi connectivity index (χ1) is 7.65. The van der Waals surface area contributed by atoms with Crippen LogP contribution >= 0.6 is 0 Å². The molecule has 3 N–H and O–H groups in total. The molecular weight excluding hydrogens is 202 g/mol. The van der Waals surface area contributed by atoms with Gasteiger partial charge in [0.25, 0.3) is 0 Å². The van der Waals surface area contributed by atoms with Crippen molar-refractivity contribution in [1.29, 1.82) is 0 Å². The largest absolute Gasteiger partial charge is 0.394 e. The average Bonchev–Trinajstić information content (AvgIpc) is 2.76. The first kappa shape index (κ1) is 13.2. The molecule has 0 spiro atoms. The fourth-order valence-corrected chi connectivity index (χ4v) is 1.83. The highest BCUT2D eigenvalue weighted by Crippen LogP contribution is 2.14. The summed E-state index contributed by atoms with van der Waals surface area (Å²) in [4.78, 5) is 4.27. The molecule has 1 unspecified atom stereocenters. The highest BCUT2D eigenvalue weighted by molar-refractivity contribution is 4.91. The minimum absolute atomic E-state index is 0.0636. The van der Waals surface area contributed by atoms with E-state index in [1.807, 2.05) is 19.3 Å². The molecule has 1 atom stereocenters. The van der Waals surface area contributed by atoms with Crippen LogP contribution < -0.4 is 5.73 Å². The third-order valence-electron chi connectivity index (χ3n) is 3.21. The Bertz CT molecular complexity index is 305. The van der Waals surface area contributed by atoms with Crippen molar-refractivity contribution in [2.24, 2.45) is 5.73 Å². The molecule has 92 valence electrons. The first-order valence-corrected chi connectivity index (χ1v) is 6.05. The molecule has 0 fully saturated rings. The molecule has 0 aliphatic heterocycles. The van der Waals surface area contributed by atoms with Crippen LogP contribution in [0.2, 0.25) is 0 Å². The van der Waals surface area contributed by atoms with E-state index in [0.717, 1.165) is 38.1 Å². The second-order valence-electron chi connectivity index (χ2n) is 4.37. The fourth-order valence-electron chi connectivity index (χ4n) is 1.83. The van der Waals surface area contributed by atoms with E-state index in [2.05, 4.69) is 16.5 Å². The van der Waals surface area contributed by atoms with Gasteiger partial charge in [-0.25, -0.2) is 4.98 Å². The zero-order valence-corrected chi connectivity index (χ0v) is 10.3. The highest BCUT2D eigenvalue weighted by atomic mass is 16.3. The van der Waals surface area contributed by atoms with Gasteiger partial charge in [0.1, 0.15) is 5.82 Å². The predicted octanol–water partition coefficient (Wildman–Crippen LogP) is 1.33. The third kappa shape index (κ3) is 3.32. The van der Waals surface area contributed by atoms with Gasteiger partial charge in [0, 0.05) is 30.9 Å². The summed E-state index contributed by atoms with van der Waals surface area (Å²) >= 11 is 0. The van der Waals surface area contributed by atoms with Crippen molar-refractivity contribution in [3.05, 3.63) is 18.2 Å². The van der Waals surface area contributed by atoms with Gasteiger partial charge in [0.2, 0.25) is 0 Å². The second kappa shape index (κ2) is 6.01. The molecule has 4 heteroatoms. The zero-order chi connectivity index (χ0) is 12.0. The summed E-state index contributed by atoms with van der Waals surface area (Å²) in [7, 11) is 0. The highest BCUT2D eigenvalue weighted by Gasteiger charge is 2.20. The summed E-state index contributed by atoms with van der Waals surface area (Å²) < 4.78 is 2.16. The lowest BCUT2D eigenvalue weighted by molar-refractivity contribution is 0.178. The van der Waals surface area contributed by atoms with Gasteiger partial charge in [-0.2, -0.15) is 0 Å². The molecular formula is C12H23N3O. The van der Waals surface area contributed by atoms with Crippen LogP contribution in [0, 0.1) is 0 Å². The number of aromatic nitrogens is 2. The fraction of sp³-hybridized carbons (Fsp3) is 0.750. The quantitative estimate of drug-likeness (QED) is 0.735. The number of aliphatic hydroxyl groups is 1. The van der Waals surface area contributed by atoms with E-state index in [1.54, 1.807) is 0 Å². The minimum Gasteiger partial charge on any atom is -0.394 e. The van der Waals surface area contributed by atoms with Crippen LogP contribution in [-0.4, -0.2) is 26.8 Å².